The van der Waals surface area contributed by atoms with Gasteiger partial charge in [-0.3, -0.25) is 24.2 Å². The number of nitrogens with zero attached hydrogens (tertiary/aromatic N) is 2. The monoisotopic (exact) mass is 614 g/mol. The molecule has 44 heavy (non-hydrogen) atoms. The Labute approximate surface area is 259 Å². The fourth-order valence-corrected chi connectivity index (χ4v) is 6.14. The topological polar surface area (TPSA) is 102 Å². The predicted octanol–water partition coefficient (Wildman–Crippen LogP) is 5.21. The van der Waals surface area contributed by atoms with Crippen LogP contribution in [0.2, 0.25) is 0 Å². The summed E-state index contributed by atoms with van der Waals surface area (Å²) >= 11 is 6.78. The molecule has 0 radical (unpaired) electrons. The molecule has 2 fully saturated rings. The third kappa shape index (κ3) is 5.54. The molecule has 0 unspecified atom stereocenters. The van der Waals surface area contributed by atoms with Crippen molar-refractivity contribution in [2.24, 2.45) is 0 Å². The molecule has 10 heteroatoms. The summed E-state index contributed by atoms with van der Waals surface area (Å²) in [7, 11) is 0. The first kappa shape index (κ1) is 29.7. The summed E-state index contributed by atoms with van der Waals surface area (Å²) in [6.07, 6.45) is 1.38. The zero-order chi connectivity index (χ0) is 30.8. The highest BCUT2D eigenvalue weighted by molar-refractivity contribution is 6.30. The number of amides is 3. The zero-order valence-corrected chi connectivity index (χ0v) is 24.8. The lowest BCUT2D eigenvalue weighted by Gasteiger charge is -2.47. The number of benzene rings is 3. The van der Waals surface area contributed by atoms with Crippen molar-refractivity contribution in [2.45, 2.75) is 50.1 Å². The Morgan fingerprint density at radius 1 is 0.886 bits per heavy atom. The summed E-state index contributed by atoms with van der Waals surface area (Å²) in [4.78, 5) is 56.1. The number of ether oxygens (including phenoxy) is 3. The van der Waals surface area contributed by atoms with Gasteiger partial charge in [-0.1, -0.05) is 84.4 Å². The molecule has 0 bridgehead atoms. The molecular formula is C34H31ClN2O7. The molecule has 9 nitrogen and oxygen atoms in total. The van der Waals surface area contributed by atoms with Crippen LogP contribution >= 0.6 is 11.6 Å². The first-order valence-electron chi connectivity index (χ1n) is 14.5. The third-order valence-electron chi connectivity index (χ3n) is 7.99. The maximum atomic E-state index is 14.1. The average Bonchev–Trinajstić information content (AvgIpc) is 3.31. The van der Waals surface area contributed by atoms with Crippen LogP contribution in [-0.2, 0) is 23.8 Å². The van der Waals surface area contributed by atoms with Crippen LogP contribution in [0.25, 0.3) is 0 Å². The van der Waals surface area contributed by atoms with Gasteiger partial charge in [0.1, 0.15) is 11.2 Å². The lowest BCUT2D eigenvalue weighted by atomic mass is 10.0. The first-order chi connectivity index (χ1) is 21.4. The van der Waals surface area contributed by atoms with Crippen molar-refractivity contribution in [1.29, 1.82) is 0 Å². The number of esters is 1. The Morgan fingerprint density at radius 3 is 1.98 bits per heavy atom. The molecule has 0 aliphatic carbocycles. The molecule has 0 aromatic heterocycles. The van der Waals surface area contributed by atoms with E-state index in [2.05, 4.69) is 0 Å². The summed E-state index contributed by atoms with van der Waals surface area (Å²) in [5, 5.41) is 0. The van der Waals surface area contributed by atoms with Crippen LogP contribution in [0.1, 0.15) is 64.1 Å². The highest BCUT2D eigenvalue weighted by atomic mass is 35.5. The maximum Gasteiger partial charge on any atom is 0.356 e. The van der Waals surface area contributed by atoms with Crippen molar-refractivity contribution < 1.29 is 33.4 Å². The summed E-state index contributed by atoms with van der Waals surface area (Å²) in [5.41, 5.74) is 0.954. The largest absolute Gasteiger partial charge is 0.448 e. The first-order valence-corrected chi connectivity index (χ1v) is 15.0. The van der Waals surface area contributed by atoms with Gasteiger partial charge in [-0.15, -0.1) is 0 Å². The standard InChI is InChI=1S/C34H31ClN2O7/c1-21(20-43-26-18-10-11-19-42-26)27(34(41)44-29(22-12-4-2-5-13-22)23-14-6-3-7-15-23)36-30(35)28(33(36)40)37-31(38)24-16-8-9-17-25(24)32(37)39/h2-9,12-17,26,28-30H,10-11,18-20H2,1H3/t26-,28-,30+/m1/s1. The smallest absolute Gasteiger partial charge is 0.356 e. The molecular weight excluding hydrogens is 584 g/mol. The van der Waals surface area contributed by atoms with Crippen molar-refractivity contribution in [3.63, 3.8) is 0 Å². The van der Waals surface area contributed by atoms with Crippen molar-refractivity contribution in [3.05, 3.63) is 118 Å². The van der Waals surface area contributed by atoms with E-state index in [9.17, 15) is 19.2 Å². The number of imide groups is 1. The Bertz CT molecular complexity index is 1530. The minimum atomic E-state index is -1.29. The minimum Gasteiger partial charge on any atom is -0.448 e. The summed E-state index contributed by atoms with van der Waals surface area (Å²) in [6, 6.07) is 23.6. The van der Waals surface area contributed by atoms with Gasteiger partial charge in [0, 0.05) is 6.61 Å². The van der Waals surface area contributed by atoms with Gasteiger partial charge in [0.25, 0.3) is 17.7 Å². The van der Waals surface area contributed by atoms with Gasteiger partial charge in [-0.25, -0.2) is 4.79 Å². The molecule has 0 N–H and O–H groups in total. The Kier molecular flexibility index (Phi) is 8.61. The van der Waals surface area contributed by atoms with E-state index < -0.39 is 47.6 Å². The molecule has 0 spiro atoms. The fraction of sp³-hybridized carbons (Fsp3) is 0.294. The number of alkyl halides is 1. The van der Waals surface area contributed by atoms with Crippen LogP contribution in [0, 0.1) is 0 Å². The molecule has 3 amide bonds. The van der Waals surface area contributed by atoms with Crippen LogP contribution < -0.4 is 0 Å². The molecule has 3 aliphatic heterocycles. The molecule has 3 aliphatic rings. The molecule has 226 valence electrons. The fourth-order valence-electron chi connectivity index (χ4n) is 5.72. The van der Waals surface area contributed by atoms with Crippen molar-refractivity contribution in [1.82, 2.24) is 9.80 Å². The molecule has 3 aromatic carbocycles. The predicted molar refractivity (Wildman–Crippen MR) is 160 cm³/mol. The van der Waals surface area contributed by atoms with Gasteiger partial charge >= 0.3 is 5.97 Å². The number of likely N-dealkylation sites (tertiary alicyclic amines) is 1. The lowest BCUT2D eigenvalue weighted by Crippen LogP contribution is -2.69. The second kappa shape index (κ2) is 12.7. The van der Waals surface area contributed by atoms with Crippen LogP contribution in [-0.4, -0.2) is 64.5 Å². The number of hydrogen-bond acceptors (Lipinski definition) is 7. The van der Waals surface area contributed by atoms with Gasteiger partial charge in [0.2, 0.25) is 0 Å². The highest BCUT2D eigenvalue weighted by Gasteiger charge is 2.58. The lowest BCUT2D eigenvalue weighted by molar-refractivity contribution is -0.160. The van der Waals surface area contributed by atoms with Crippen molar-refractivity contribution >= 4 is 35.3 Å². The third-order valence-corrected chi connectivity index (χ3v) is 8.43. The van der Waals surface area contributed by atoms with E-state index in [0.29, 0.717) is 18.6 Å². The molecule has 3 atom stereocenters. The minimum absolute atomic E-state index is 0.0263. The van der Waals surface area contributed by atoms with Crippen LogP contribution in [0.4, 0.5) is 0 Å². The van der Waals surface area contributed by atoms with Crippen molar-refractivity contribution in [3.8, 4) is 0 Å². The van der Waals surface area contributed by atoms with E-state index in [1.807, 2.05) is 60.7 Å². The van der Waals surface area contributed by atoms with Gasteiger partial charge in [0.05, 0.1) is 17.7 Å². The normalized spacial score (nSPS) is 22.1. The Balaban J connectivity index is 1.31. The van der Waals surface area contributed by atoms with Gasteiger partial charge in [-0.05, 0) is 55.0 Å². The van der Waals surface area contributed by atoms with E-state index in [-0.39, 0.29) is 23.4 Å². The number of β-lactam (4-membered cyclic amide) rings is 1. The SMILES string of the molecule is CC(CO[C@@H]1CCCCO1)=C(C(=O)OC(c1ccccc1)c1ccccc1)N1C(=O)[C@H](N2C(=O)c3ccccc3C2=O)[C@H]1Cl. The number of carbonyl (C=O) groups excluding carboxylic acids is 4. The second-order valence-electron chi connectivity index (χ2n) is 10.9. The van der Waals surface area contributed by atoms with E-state index in [4.69, 9.17) is 25.8 Å². The average molecular weight is 615 g/mol. The maximum absolute atomic E-state index is 14.1. The summed E-state index contributed by atoms with van der Waals surface area (Å²) < 4.78 is 17.8. The molecule has 6 rings (SSSR count). The van der Waals surface area contributed by atoms with Gasteiger partial charge < -0.3 is 14.2 Å². The van der Waals surface area contributed by atoms with E-state index >= 15 is 0 Å². The quantitative estimate of drug-likeness (QED) is 0.0814. The van der Waals surface area contributed by atoms with E-state index in [1.165, 1.54) is 12.1 Å². The van der Waals surface area contributed by atoms with Crippen LogP contribution in [0.15, 0.2) is 96.2 Å². The summed E-state index contributed by atoms with van der Waals surface area (Å²) in [6.45, 7) is 2.21. The Hall–Kier alpha value is -4.31. The highest BCUT2D eigenvalue weighted by Crippen LogP contribution is 2.39. The number of halogens is 1. The molecule has 3 aromatic rings. The number of hydrogen-bond donors (Lipinski definition) is 0. The zero-order valence-electron chi connectivity index (χ0n) is 24.1. The molecule has 2 saturated heterocycles. The number of rotatable bonds is 9. The van der Waals surface area contributed by atoms with Crippen molar-refractivity contribution in [2.75, 3.05) is 13.2 Å². The second-order valence-corrected chi connectivity index (χ2v) is 11.3. The van der Waals surface area contributed by atoms with E-state index in [1.54, 1.807) is 19.1 Å². The van der Waals surface area contributed by atoms with Gasteiger partial charge in [-0.2, -0.15) is 0 Å². The molecule has 0 saturated carbocycles. The number of carbonyl (C=O) groups is 4. The van der Waals surface area contributed by atoms with E-state index in [0.717, 1.165) is 33.8 Å². The van der Waals surface area contributed by atoms with Crippen LogP contribution in [0.5, 0.6) is 0 Å². The summed E-state index contributed by atoms with van der Waals surface area (Å²) in [5.74, 6) is -2.68. The van der Waals surface area contributed by atoms with Gasteiger partial charge in [0.15, 0.2) is 18.4 Å². The Morgan fingerprint density at radius 2 is 1.45 bits per heavy atom. The van der Waals surface area contributed by atoms with Crippen LogP contribution in [0.3, 0.4) is 0 Å². The number of fused-ring (bicyclic) bond motifs is 1. The molecule has 3 heterocycles.